The smallest absolute Gasteiger partial charge is 0.161 e. The second kappa shape index (κ2) is 6.92. The third kappa shape index (κ3) is 3.86. The molecule has 0 fully saturated rings. The van der Waals surface area contributed by atoms with E-state index in [1.54, 1.807) is 7.11 Å². The molecule has 2 aromatic rings. The van der Waals surface area contributed by atoms with Gasteiger partial charge in [0, 0.05) is 5.56 Å². The van der Waals surface area contributed by atoms with Crippen molar-refractivity contribution in [3.63, 3.8) is 0 Å². The van der Waals surface area contributed by atoms with Gasteiger partial charge in [0.2, 0.25) is 0 Å². The Morgan fingerprint density at radius 1 is 1.29 bits per heavy atom. The van der Waals surface area contributed by atoms with Crippen molar-refractivity contribution in [2.45, 2.75) is 27.2 Å². The van der Waals surface area contributed by atoms with Crippen molar-refractivity contribution < 1.29 is 4.74 Å². The summed E-state index contributed by atoms with van der Waals surface area (Å²) in [6, 6.07) is 5.92. The van der Waals surface area contributed by atoms with E-state index < -0.39 is 0 Å². The molecule has 1 aromatic heterocycles. The van der Waals surface area contributed by atoms with Crippen molar-refractivity contribution in [3.8, 4) is 17.1 Å². The Kier molecular flexibility index (Phi) is 5.43. The first kappa shape index (κ1) is 16.5. The molecule has 112 valence electrons. The van der Waals surface area contributed by atoms with E-state index in [0.29, 0.717) is 16.9 Å². The molecule has 21 heavy (non-hydrogen) atoms. The van der Waals surface area contributed by atoms with E-state index in [0.717, 1.165) is 32.6 Å². The minimum atomic E-state index is 0.518. The Bertz CT molecular complexity index is 659. The van der Waals surface area contributed by atoms with Gasteiger partial charge in [0.25, 0.3) is 0 Å². The monoisotopic (exact) mass is 416 g/mol. The van der Waals surface area contributed by atoms with Crippen LogP contribution in [-0.4, -0.2) is 17.1 Å². The van der Waals surface area contributed by atoms with Gasteiger partial charge >= 0.3 is 0 Å². The van der Waals surface area contributed by atoms with Gasteiger partial charge in [0.05, 0.1) is 16.4 Å². The molecule has 0 bridgehead atoms. The van der Waals surface area contributed by atoms with Gasteiger partial charge in [-0.3, -0.25) is 0 Å². The zero-order valence-corrected chi connectivity index (χ0v) is 15.5. The predicted octanol–water partition coefficient (Wildman–Crippen LogP) is 4.92. The molecule has 0 saturated heterocycles. The van der Waals surface area contributed by atoms with Gasteiger partial charge in [-0.15, -0.1) is 0 Å². The number of halogens is 2. The second-order valence-corrected chi connectivity index (χ2v) is 6.82. The molecule has 0 atom stereocenters. The van der Waals surface area contributed by atoms with Gasteiger partial charge in [0.1, 0.15) is 10.9 Å². The van der Waals surface area contributed by atoms with Crippen molar-refractivity contribution in [1.29, 1.82) is 0 Å². The number of rotatable bonds is 4. The van der Waals surface area contributed by atoms with Crippen LogP contribution < -0.4 is 4.74 Å². The molecule has 0 N–H and O–H groups in total. The fourth-order valence-corrected chi connectivity index (χ4v) is 2.78. The van der Waals surface area contributed by atoms with Gasteiger partial charge in [-0.2, -0.15) is 0 Å². The van der Waals surface area contributed by atoms with Crippen LogP contribution in [0.25, 0.3) is 11.4 Å². The summed E-state index contributed by atoms with van der Waals surface area (Å²) in [4.78, 5) is 9.11. The fraction of sp³-hybridized carbons (Fsp3) is 0.375. The summed E-state index contributed by atoms with van der Waals surface area (Å²) in [5.74, 6) is 2.05. The summed E-state index contributed by atoms with van der Waals surface area (Å²) in [5, 5.41) is 0.518. The van der Waals surface area contributed by atoms with Crippen LogP contribution in [0.4, 0.5) is 0 Å². The Morgan fingerprint density at radius 2 is 2.00 bits per heavy atom. The number of aromatic nitrogens is 2. The zero-order chi connectivity index (χ0) is 15.6. The topological polar surface area (TPSA) is 35.0 Å². The summed E-state index contributed by atoms with van der Waals surface area (Å²) in [5.41, 5.74) is 3.02. The molecular weight excluding hydrogens is 399 g/mol. The number of methoxy groups -OCH3 is 1. The lowest BCUT2D eigenvalue weighted by Gasteiger charge is -2.11. The average molecular weight is 417 g/mol. The maximum Gasteiger partial charge on any atom is 0.161 e. The normalized spacial score (nSPS) is 11.0. The largest absolute Gasteiger partial charge is 0.496 e. The van der Waals surface area contributed by atoms with Gasteiger partial charge in [-0.25, -0.2) is 9.97 Å². The van der Waals surface area contributed by atoms with Crippen LogP contribution in [0, 0.1) is 16.4 Å². The van der Waals surface area contributed by atoms with Crippen molar-refractivity contribution in [2.24, 2.45) is 5.92 Å². The van der Waals surface area contributed by atoms with E-state index in [-0.39, 0.29) is 0 Å². The van der Waals surface area contributed by atoms with Gasteiger partial charge in [-0.1, -0.05) is 25.4 Å². The Balaban J connectivity index is 2.49. The Hall–Kier alpha value is -0.880. The third-order valence-electron chi connectivity index (χ3n) is 3.13. The van der Waals surface area contributed by atoms with E-state index in [2.05, 4.69) is 41.4 Å². The quantitative estimate of drug-likeness (QED) is 0.524. The SMILES string of the molecule is COc1ccc(-c2nc(Cl)c(I)c(CC(C)C)n2)cc1C. The summed E-state index contributed by atoms with van der Waals surface area (Å²) in [7, 11) is 1.67. The van der Waals surface area contributed by atoms with Crippen LogP contribution in [0.5, 0.6) is 5.75 Å². The van der Waals surface area contributed by atoms with Crippen molar-refractivity contribution in [3.05, 3.63) is 38.2 Å². The molecule has 2 rings (SSSR count). The molecule has 3 nitrogen and oxygen atoms in total. The van der Waals surface area contributed by atoms with E-state index in [1.165, 1.54) is 0 Å². The molecule has 1 aromatic carbocycles. The molecule has 0 aliphatic carbocycles. The lowest BCUT2D eigenvalue weighted by molar-refractivity contribution is 0.412. The summed E-state index contributed by atoms with van der Waals surface area (Å²) in [6.45, 7) is 6.35. The number of ether oxygens (including phenoxy) is 1. The second-order valence-electron chi connectivity index (χ2n) is 5.38. The minimum absolute atomic E-state index is 0.518. The zero-order valence-electron chi connectivity index (χ0n) is 12.6. The molecule has 0 amide bonds. The van der Waals surface area contributed by atoms with Crippen LogP contribution in [-0.2, 0) is 6.42 Å². The lowest BCUT2D eigenvalue weighted by atomic mass is 10.1. The van der Waals surface area contributed by atoms with Crippen LogP contribution in [0.15, 0.2) is 18.2 Å². The first-order valence-corrected chi connectivity index (χ1v) is 8.25. The third-order valence-corrected chi connectivity index (χ3v) is 4.86. The van der Waals surface area contributed by atoms with Crippen LogP contribution in [0.3, 0.4) is 0 Å². The molecule has 0 radical (unpaired) electrons. The van der Waals surface area contributed by atoms with E-state index in [1.807, 2.05) is 25.1 Å². The average Bonchev–Trinajstić information content (AvgIpc) is 2.43. The number of benzene rings is 1. The van der Waals surface area contributed by atoms with Crippen LogP contribution in [0.2, 0.25) is 5.15 Å². The first-order chi connectivity index (χ1) is 9.92. The number of aryl methyl sites for hydroxylation is 1. The highest BCUT2D eigenvalue weighted by atomic mass is 127. The first-order valence-electron chi connectivity index (χ1n) is 6.79. The molecule has 0 unspecified atom stereocenters. The highest BCUT2D eigenvalue weighted by Gasteiger charge is 2.14. The molecule has 0 aliphatic heterocycles. The van der Waals surface area contributed by atoms with Gasteiger partial charge < -0.3 is 4.74 Å². The highest BCUT2D eigenvalue weighted by molar-refractivity contribution is 14.1. The fourth-order valence-electron chi connectivity index (χ4n) is 2.13. The van der Waals surface area contributed by atoms with E-state index >= 15 is 0 Å². The van der Waals surface area contributed by atoms with Crippen LogP contribution >= 0.6 is 34.2 Å². The Morgan fingerprint density at radius 3 is 2.57 bits per heavy atom. The van der Waals surface area contributed by atoms with E-state index in [4.69, 9.17) is 21.3 Å². The molecule has 0 spiro atoms. The standard InChI is InChI=1S/C16H18ClIN2O/c1-9(2)7-12-14(18)15(17)20-16(19-12)11-5-6-13(21-4)10(3)8-11/h5-6,8-9H,7H2,1-4H3. The van der Waals surface area contributed by atoms with Crippen LogP contribution in [0.1, 0.15) is 25.1 Å². The maximum absolute atomic E-state index is 6.27. The van der Waals surface area contributed by atoms with Gasteiger partial charge in [0.15, 0.2) is 5.82 Å². The van der Waals surface area contributed by atoms with E-state index in [9.17, 15) is 0 Å². The number of hydrogen-bond donors (Lipinski definition) is 0. The number of hydrogen-bond acceptors (Lipinski definition) is 3. The molecular formula is C16H18ClIN2O. The predicted molar refractivity (Wildman–Crippen MR) is 95.0 cm³/mol. The molecule has 0 saturated carbocycles. The minimum Gasteiger partial charge on any atom is -0.496 e. The van der Waals surface area contributed by atoms with Crippen molar-refractivity contribution >= 4 is 34.2 Å². The maximum atomic E-state index is 6.27. The van der Waals surface area contributed by atoms with Crippen molar-refractivity contribution in [2.75, 3.05) is 7.11 Å². The van der Waals surface area contributed by atoms with Crippen molar-refractivity contribution in [1.82, 2.24) is 9.97 Å². The highest BCUT2D eigenvalue weighted by Crippen LogP contribution is 2.28. The summed E-state index contributed by atoms with van der Waals surface area (Å²) < 4.78 is 6.23. The molecule has 0 aliphatic rings. The summed E-state index contributed by atoms with van der Waals surface area (Å²) >= 11 is 8.48. The molecule has 5 heteroatoms. The number of nitrogens with zero attached hydrogens (tertiary/aromatic N) is 2. The summed E-state index contributed by atoms with van der Waals surface area (Å²) in [6.07, 6.45) is 0.892. The van der Waals surface area contributed by atoms with Gasteiger partial charge in [-0.05, 0) is 65.6 Å². The molecule has 1 heterocycles. The Labute approximate surface area is 144 Å². The lowest BCUT2D eigenvalue weighted by Crippen LogP contribution is -2.04.